The summed E-state index contributed by atoms with van der Waals surface area (Å²) < 4.78 is 0.814. The molecule has 0 aliphatic rings. The first-order valence-electron chi connectivity index (χ1n) is 6.81. The van der Waals surface area contributed by atoms with Gasteiger partial charge in [0.1, 0.15) is 0 Å². The molecule has 3 rings (SSSR count). The number of pyridine rings is 1. The summed E-state index contributed by atoms with van der Waals surface area (Å²) in [5.41, 5.74) is 2.27. The topological polar surface area (TPSA) is 50.2 Å². The Morgan fingerprint density at radius 1 is 1.13 bits per heavy atom. The molecule has 0 atom stereocenters. The number of halogens is 2. The van der Waals surface area contributed by atoms with Gasteiger partial charge in [0.15, 0.2) is 0 Å². The molecule has 5 heteroatoms. The number of carboxylic acid groups (broad SMARTS) is 1. The van der Waals surface area contributed by atoms with Crippen molar-refractivity contribution in [2.75, 3.05) is 0 Å². The Bertz CT molecular complexity index is 937. The van der Waals surface area contributed by atoms with E-state index in [4.69, 9.17) is 11.6 Å². The molecule has 1 N–H and O–H groups in total. The van der Waals surface area contributed by atoms with Crippen LogP contribution in [0.15, 0.2) is 53.0 Å². The molecular formula is C18H11BrClNO2. The third-order valence-electron chi connectivity index (χ3n) is 3.36. The van der Waals surface area contributed by atoms with Crippen molar-refractivity contribution in [3.05, 3.63) is 74.8 Å². The quantitative estimate of drug-likeness (QED) is 0.643. The van der Waals surface area contributed by atoms with E-state index in [2.05, 4.69) is 20.9 Å². The molecule has 0 bridgehead atoms. The Morgan fingerprint density at radius 3 is 2.65 bits per heavy atom. The number of hydrogen-bond acceptors (Lipinski definition) is 2. The second kappa shape index (κ2) is 6.52. The van der Waals surface area contributed by atoms with Crippen molar-refractivity contribution in [3.63, 3.8) is 0 Å². The maximum absolute atomic E-state index is 11.5. The van der Waals surface area contributed by atoms with Crippen molar-refractivity contribution >= 4 is 56.6 Å². The lowest BCUT2D eigenvalue weighted by atomic mass is 10.1. The summed E-state index contributed by atoms with van der Waals surface area (Å²) in [6.07, 6.45) is 3.58. The highest BCUT2D eigenvalue weighted by molar-refractivity contribution is 9.10. The van der Waals surface area contributed by atoms with E-state index >= 15 is 0 Å². The Labute approximate surface area is 146 Å². The van der Waals surface area contributed by atoms with Gasteiger partial charge >= 0.3 is 5.97 Å². The number of hydrogen-bond donors (Lipinski definition) is 1. The van der Waals surface area contributed by atoms with Crippen LogP contribution in [0.4, 0.5) is 0 Å². The van der Waals surface area contributed by atoms with Gasteiger partial charge in [0.2, 0.25) is 0 Å². The van der Waals surface area contributed by atoms with E-state index in [0.29, 0.717) is 21.6 Å². The van der Waals surface area contributed by atoms with Crippen LogP contribution in [-0.2, 0) is 0 Å². The third-order valence-corrected chi connectivity index (χ3v) is 4.20. The first-order chi connectivity index (χ1) is 11.0. The normalized spacial score (nSPS) is 11.2. The summed E-state index contributed by atoms with van der Waals surface area (Å²) in [4.78, 5) is 16.0. The molecule has 1 aromatic heterocycles. The monoisotopic (exact) mass is 387 g/mol. The summed E-state index contributed by atoms with van der Waals surface area (Å²) in [6, 6.07) is 14.4. The van der Waals surface area contributed by atoms with Gasteiger partial charge in [-0.05, 0) is 42.0 Å². The number of nitrogens with zero attached hydrogens (tertiary/aromatic N) is 1. The fourth-order valence-electron chi connectivity index (χ4n) is 2.27. The smallest absolute Gasteiger partial charge is 0.336 e. The number of carbonyl (C=O) groups is 1. The van der Waals surface area contributed by atoms with Crippen molar-refractivity contribution in [1.29, 1.82) is 0 Å². The van der Waals surface area contributed by atoms with Gasteiger partial charge in [-0.15, -0.1) is 0 Å². The zero-order valence-corrected chi connectivity index (χ0v) is 14.2. The van der Waals surface area contributed by atoms with Crippen LogP contribution in [0.5, 0.6) is 0 Å². The predicted molar refractivity (Wildman–Crippen MR) is 96.8 cm³/mol. The Kier molecular flexibility index (Phi) is 4.46. The zero-order chi connectivity index (χ0) is 16.4. The largest absolute Gasteiger partial charge is 0.478 e. The molecule has 0 fully saturated rings. The van der Waals surface area contributed by atoms with Crippen LogP contribution in [0.1, 0.15) is 21.6 Å². The van der Waals surface area contributed by atoms with E-state index in [1.54, 1.807) is 30.3 Å². The summed E-state index contributed by atoms with van der Waals surface area (Å²) >= 11 is 9.47. The molecule has 114 valence electrons. The Hall–Kier alpha value is -2.17. The van der Waals surface area contributed by atoms with Gasteiger partial charge in [0.25, 0.3) is 0 Å². The zero-order valence-electron chi connectivity index (χ0n) is 11.8. The van der Waals surface area contributed by atoms with Crippen molar-refractivity contribution in [1.82, 2.24) is 4.98 Å². The van der Waals surface area contributed by atoms with Crippen LogP contribution in [0, 0.1) is 0 Å². The Balaban J connectivity index is 2.10. The van der Waals surface area contributed by atoms with Gasteiger partial charge in [0.05, 0.1) is 16.8 Å². The molecule has 1 heterocycles. The van der Waals surface area contributed by atoms with Crippen LogP contribution in [0.3, 0.4) is 0 Å². The standard InChI is InChI=1S/C18H11BrClNO2/c19-12-6-8-17-14(9-12)15(18(22)23)10-13(21-17)7-5-11-3-1-2-4-16(11)20/h1-10H,(H,22,23). The molecule has 0 spiro atoms. The molecule has 0 amide bonds. The van der Waals surface area contributed by atoms with E-state index in [9.17, 15) is 9.90 Å². The summed E-state index contributed by atoms with van der Waals surface area (Å²) in [6.45, 7) is 0. The number of fused-ring (bicyclic) bond motifs is 1. The molecule has 3 nitrogen and oxygen atoms in total. The van der Waals surface area contributed by atoms with Gasteiger partial charge < -0.3 is 5.11 Å². The maximum Gasteiger partial charge on any atom is 0.336 e. The Morgan fingerprint density at radius 2 is 1.91 bits per heavy atom. The molecule has 0 saturated heterocycles. The molecule has 0 unspecified atom stereocenters. The van der Waals surface area contributed by atoms with Crippen molar-refractivity contribution in [2.24, 2.45) is 0 Å². The fourth-order valence-corrected chi connectivity index (χ4v) is 2.83. The second-order valence-corrected chi connectivity index (χ2v) is 6.24. The van der Waals surface area contributed by atoms with Crippen LogP contribution in [0.25, 0.3) is 23.1 Å². The van der Waals surface area contributed by atoms with E-state index in [-0.39, 0.29) is 5.56 Å². The maximum atomic E-state index is 11.5. The van der Waals surface area contributed by atoms with Gasteiger partial charge in [-0.2, -0.15) is 0 Å². The van der Waals surface area contributed by atoms with Crippen molar-refractivity contribution in [2.45, 2.75) is 0 Å². The molecule has 23 heavy (non-hydrogen) atoms. The van der Waals surface area contributed by atoms with Crippen molar-refractivity contribution in [3.8, 4) is 0 Å². The number of carboxylic acids is 1. The van der Waals surface area contributed by atoms with Crippen LogP contribution in [-0.4, -0.2) is 16.1 Å². The first-order valence-corrected chi connectivity index (χ1v) is 7.98. The average molecular weight is 389 g/mol. The SMILES string of the molecule is O=C(O)c1cc(C=Cc2ccccc2Cl)nc2ccc(Br)cc12. The molecule has 0 saturated carbocycles. The van der Waals surface area contributed by atoms with Crippen LogP contribution < -0.4 is 0 Å². The van der Waals surface area contributed by atoms with Gasteiger partial charge in [0, 0.05) is 14.9 Å². The van der Waals surface area contributed by atoms with Crippen molar-refractivity contribution < 1.29 is 9.90 Å². The van der Waals surface area contributed by atoms with E-state index in [1.165, 1.54) is 0 Å². The lowest BCUT2D eigenvalue weighted by molar-refractivity contribution is 0.0699. The predicted octanol–water partition coefficient (Wildman–Crippen LogP) is 5.52. The number of aromatic carboxylic acids is 1. The third kappa shape index (κ3) is 3.44. The highest BCUT2D eigenvalue weighted by Gasteiger charge is 2.11. The highest BCUT2D eigenvalue weighted by Crippen LogP contribution is 2.24. The van der Waals surface area contributed by atoms with E-state index in [0.717, 1.165) is 10.0 Å². The molecule has 0 radical (unpaired) electrons. The van der Waals surface area contributed by atoms with Gasteiger partial charge in [-0.25, -0.2) is 9.78 Å². The number of aromatic nitrogens is 1. The van der Waals surface area contributed by atoms with Crippen LogP contribution >= 0.6 is 27.5 Å². The molecule has 0 aliphatic heterocycles. The number of rotatable bonds is 3. The number of benzene rings is 2. The summed E-state index contributed by atoms with van der Waals surface area (Å²) in [5, 5.41) is 10.7. The van der Waals surface area contributed by atoms with Gasteiger partial charge in [-0.3, -0.25) is 0 Å². The fraction of sp³-hybridized carbons (Fsp3) is 0. The first kappa shape index (κ1) is 15.7. The molecule has 0 aliphatic carbocycles. The molecular weight excluding hydrogens is 378 g/mol. The minimum atomic E-state index is -0.983. The average Bonchev–Trinajstić information content (AvgIpc) is 2.53. The highest BCUT2D eigenvalue weighted by atomic mass is 79.9. The summed E-state index contributed by atoms with van der Waals surface area (Å²) in [7, 11) is 0. The van der Waals surface area contributed by atoms with E-state index < -0.39 is 5.97 Å². The second-order valence-electron chi connectivity index (χ2n) is 4.92. The molecule has 2 aromatic carbocycles. The lowest BCUT2D eigenvalue weighted by Crippen LogP contribution is -2.00. The van der Waals surface area contributed by atoms with Crippen LogP contribution in [0.2, 0.25) is 5.02 Å². The minimum absolute atomic E-state index is 0.218. The van der Waals surface area contributed by atoms with E-state index in [1.807, 2.05) is 30.3 Å². The lowest BCUT2D eigenvalue weighted by Gasteiger charge is -2.05. The minimum Gasteiger partial charge on any atom is -0.478 e. The molecule has 3 aromatic rings. The summed E-state index contributed by atoms with van der Waals surface area (Å²) in [5.74, 6) is -0.983. The van der Waals surface area contributed by atoms with Gasteiger partial charge in [-0.1, -0.05) is 51.8 Å².